The molecule has 2 aliphatic heterocycles. The first-order chi connectivity index (χ1) is 17.7. The maximum absolute atomic E-state index is 12.6. The molecule has 0 amide bonds. The number of fused-ring (bicyclic) bond motifs is 1. The molecular weight excluding hydrogens is 488 g/mol. The van der Waals surface area contributed by atoms with Gasteiger partial charge in [-0.1, -0.05) is 30.3 Å². The normalized spacial score (nSPS) is 37.4. The Morgan fingerprint density at radius 1 is 1.16 bits per heavy atom. The molecule has 0 spiro atoms. The Balaban J connectivity index is 1.56. The van der Waals surface area contributed by atoms with E-state index < -0.39 is 73.0 Å². The van der Waals surface area contributed by atoms with Crippen molar-refractivity contribution in [2.45, 2.75) is 62.4 Å². The average Bonchev–Trinajstić information content (AvgIpc) is 3.22. The van der Waals surface area contributed by atoms with E-state index in [9.17, 15) is 30.0 Å². The number of aliphatic hydroxyl groups excluding tert-OH is 3. The molecule has 202 valence electrons. The molecule has 2 heterocycles. The highest BCUT2D eigenvalue weighted by atomic mass is 16.8. The van der Waals surface area contributed by atoms with Crippen LogP contribution in [0.25, 0.3) is 6.08 Å². The fourth-order valence-electron chi connectivity index (χ4n) is 5.13. The number of benzene rings is 1. The van der Waals surface area contributed by atoms with Gasteiger partial charge in [0.15, 0.2) is 6.10 Å². The predicted molar refractivity (Wildman–Crippen MR) is 126 cm³/mol. The van der Waals surface area contributed by atoms with Gasteiger partial charge in [0.2, 0.25) is 12.6 Å². The molecule has 0 radical (unpaired) electrons. The van der Waals surface area contributed by atoms with Crippen LogP contribution < -0.4 is 0 Å². The number of carbonyl (C=O) groups excluding carboxylic acids is 2. The average molecular weight is 521 g/mol. The van der Waals surface area contributed by atoms with Gasteiger partial charge in [0.25, 0.3) is 0 Å². The van der Waals surface area contributed by atoms with E-state index in [4.69, 9.17) is 23.7 Å². The first-order valence-corrected chi connectivity index (χ1v) is 12.0. The lowest BCUT2D eigenvalue weighted by atomic mass is 9.81. The van der Waals surface area contributed by atoms with Gasteiger partial charge in [0.05, 0.1) is 37.1 Å². The van der Waals surface area contributed by atoms with Crippen LogP contribution in [-0.2, 0) is 33.3 Å². The standard InChI is InChI=1S/C26H32O11/c1-26(32)11-10-15-16(23(31)33-2)13-34-24(19(15)26)37-25-22(21(30)20(29)17(12-27)35-25)36-18(28)9-8-14-6-4-3-5-7-14/h3-9,13,15,17,19-22,24-25,27,29-30,32H,10-12H2,1-2H3/t15-,17-,19-,20-,21+,22-,24+,25+,26+/m1/s1. The summed E-state index contributed by atoms with van der Waals surface area (Å²) in [6.45, 7) is 0.953. The second-order valence-electron chi connectivity index (χ2n) is 9.59. The number of ether oxygens (including phenoxy) is 5. The third-order valence-electron chi connectivity index (χ3n) is 7.11. The number of aliphatic hydroxyl groups is 4. The first-order valence-electron chi connectivity index (χ1n) is 12.0. The fraction of sp³-hybridized carbons (Fsp3) is 0.538. The lowest BCUT2D eigenvalue weighted by Gasteiger charge is -2.45. The number of methoxy groups -OCH3 is 1. The minimum atomic E-state index is -1.66. The predicted octanol–water partition coefficient (Wildman–Crippen LogP) is 0.258. The number of esters is 2. The van der Waals surface area contributed by atoms with Crippen molar-refractivity contribution in [1.82, 2.24) is 0 Å². The SMILES string of the molecule is COC(=O)C1=CO[C@@H](O[C@@H]2O[C@H](CO)[C@@H](O)[C@H](O)[C@H]2OC(=O)C=Cc2ccccc2)[C@H]2[C@@H]1CC[C@]2(C)O. The number of carbonyl (C=O) groups is 2. The minimum absolute atomic E-state index is 0.257. The highest BCUT2D eigenvalue weighted by molar-refractivity contribution is 5.89. The minimum Gasteiger partial charge on any atom is -0.471 e. The third-order valence-corrected chi connectivity index (χ3v) is 7.11. The number of hydrogen-bond donors (Lipinski definition) is 4. The van der Waals surface area contributed by atoms with Crippen LogP contribution in [0.2, 0.25) is 0 Å². The van der Waals surface area contributed by atoms with Gasteiger partial charge in [0.1, 0.15) is 18.3 Å². The maximum Gasteiger partial charge on any atom is 0.337 e. The summed E-state index contributed by atoms with van der Waals surface area (Å²) in [5, 5.41) is 41.8. The van der Waals surface area contributed by atoms with E-state index in [1.165, 1.54) is 19.4 Å². The van der Waals surface area contributed by atoms with Crippen molar-refractivity contribution in [3.05, 3.63) is 53.8 Å². The molecule has 37 heavy (non-hydrogen) atoms. The van der Waals surface area contributed by atoms with Gasteiger partial charge in [-0.3, -0.25) is 0 Å². The van der Waals surface area contributed by atoms with Crippen LogP contribution in [-0.4, -0.2) is 88.7 Å². The molecule has 11 nitrogen and oxygen atoms in total. The number of hydrogen-bond acceptors (Lipinski definition) is 11. The Morgan fingerprint density at radius 2 is 1.89 bits per heavy atom. The third kappa shape index (κ3) is 5.71. The van der Waals surface area contributed by atoms with E-state index >= 15 is 0 Å². The largest absolute Gasteiger partial charge is 0.471 e. The molecule has 3 aliphatic rings. The summed E-state index contributed by atoms with van der Waals surface area (Å²) in [5.74, 6) is -2.58. The van der Waals surface area contributed by atoms with Gasteiger partial charge in [0, 0.05) is 12.0 Å². The lowest BCUT2D eigenvalue weighted by Crippen LogP contribution is -2.61. The molecule has 4 rings (SSSR count). The van der Waals surface area contributed by atoms with Gasteiger partial charge in [-0.05, 0) is 31.4 Å². The molecule has 2 fully saturated rings. The van der Waals surface area contributed by atoms with E-state index in [-0.39, 0.29) is 5.57 Å². The molecule has 0 bridgehead atoms. The summed E-state index contributed by atoms with van der Waals surface area (Å²) in [5.41, 5.74) is -0.282. The molecule has 0 unspecified atom stereocenters. The zero-order chi connectivity index (χ0) is 26.7. The van der Waals surface area contributed by atoms with Crippen molar-refractivity contribution in [3.8, 4) is 0 Å². The zero-order valence-corrected chi connectivity index (χ0v) is 20.5. The van der Waals surface area contributed by atoms with E-state index in [0.717, 1.165) is 11.6 Å². The Kier molecular flexibility index (Phi) is 8.32. The van der Waals surface area contributed by atoms with Crippen molar-refractivity contribution in [1.29, 1.82) is 0 Å². The van der Waals surface area contributed by atoms with Gasteiger partial charge in [-0.25, -0.2) is 9.59 Å². The van der Waals surface area contributed by atoms with E-state index in [1.54, 1.807) is 31.2 Å². The smallest absolute Gasteiger partial charge is 0.337 e. The van der Waals surface area contributed by atoms with Crippen molar-refractivity contribution < 1.29 is 53.7 Å². The Bertz CT molecular complexity index is 1020. The summed E-state index contributed by atoms with van der Waals surface area (Å²) in [6, 6.07) is 8.99. The second-order valence-corrected chi connectivity index (χ2v) is 9.59. The van der Waals surface area contributed by atoms with Crippen LogP contribution in [0.4, 0.5) is 0 Å². The topological polar surface area (TPSA) is 161 Å². The summed E-state index contributed by atoms with van der Waals surface area (Å²) >= 11 is 0. The molecule has 1 saturated heterocycles. The quantitative estimate of drug-likeness (QED) is 0.288. The van der Waals surface area contributed by atoms with Gasteiger partial charge >= 0.3 is 11.9 Å². The van der Waals surface area contributed by atoms with Crippen LogP contribution in [0.1, 0.15) is 25.3 Å². The molecule has 1 saturated carbocycles. The summed E-state index contributed by atoms with van der Waals surface area (Å²) < 4.78 is 27.5. The van der Waals surface area contributed by atoms with Gasteiger partial charge < -0.3 is 44.1 Å². The van der Waals surface area contributed by atoms with E-state index in [2.05, 4.69) is 0 Å². The van der Waals surface area contributed by atoms with Crippen molar-refractivity contribution in [2.75, 3.05) is 13.7 Å². The Labute approximate surface area is 213 Å². The molecular formula is C26H32O11. The van der Waals surface area contributed by atoms with E-state index in [1.807, 2.05) is 6.07 Å². The van der Waals surface area contributed by atoms with Crippen molar-refractivity contribution in [2.24, 2.45) is 11.8 Å². The molecule has 9 atom stereocenters. The Hall–Kier alpha value is -2.80. The zero-order valence-electron chi connectivity index (χ0n) is 20.5. The van der Waals surface area contributed by atoms with Crippen molar-refractivity contribution in [3.63, 3.8) is 0 Å². The monoisotopic (exact) mass is 520 g/mol. The molecule has 0 aromatic heterocycles. The molecule has 1 aliphatic carbocycles. The van der Waals surface area contributed by atoms with Crippen LogP contribution in [0, 0.1) is 11.8 Å². The molecule has 1 aromatic carbocycles. The lowest BCUT2D eigenvalue weighted by molar-refractivity contribution is -0.346. The summed E-state index contributed by atoms with van der Waals surface area (Å²) in [4.78, 5) is 24.8. The molecule has 11 heteroatoms. The highest BCUT2D eigenvalue weighted by Gasteiger charge is 2.56. The van der Waals surface area contributed by atoms with Crippen LogP contribution >= 0.6 is 0 Å². The van der Waals surface area contributed by atoms with Crippen LogP contribution in [0.5, 0.6) is 0 Å². The summed E-state index contributed by atoms with van der Waals surface area (Å²) in [6.07, 6.45) is -3.88. The summed E-state index contributed by atoms with van der Waals surface area (Å²) in [7, 11) is 1.25. The highest BCUT2D eigenvalue weighted by Crippen LogP contribution is 2.49. The fourth-order valence-corrected chi connectivity index (χ4v) is 5.13. The Morgan fingerprint density at radius 3 is 2.57 bits per heavy atom. The van der Waals surface area contributed by atoms with Crippen molar-refractivity contribution >= 4 is 18.0 Å². The first kappa shape index (κ1) is 27.2. The van der Waals surface area contributed by atoms with E-state index in [0.29, 0.717) is 12.8 Å². The van der Waals surface area contributed by atoms with Crippen LogP contribution in [0.15, 0.2) is 48.2 Å². The van der Waals surface area contributed by atoms with Gasteiger partial charge in [-0.2, -0.15) is 0 Å². The molecule has 1 aromatic rings. The molecule has 4 N–H and O–H groups in total. The van der Waals surface area contributed by atoms with Crippen LogP contribution in [0.3, 0.4) is 0 Å². The second kappa shape index (κ2) is 11.3. The maximum atomic E-state index is 12.6. The van der Waals surface area contributed by atoms with Gasteiger partial charge in [-0.15, -0.1) is 0 Å². The number of rotatable bonds is 7.